The van der Waals surface area contributed by atoms with Gasteiger partial charge in [0.15, 0.2) is 0 Å². The van der Waals surface area contributed by atoms with Gasteiger partial charge in [0.1, 0.15) is 23.9 Å². The molecule has 7 nitrogen and oxygen atoms in total. The summed E-state index contributed by atoms with van der Waals surface area (Å²) in [4.78, 5) is 21.7. The molecule has 1 aromatic heterocycles. The first kappa shape index (κ1) is 17.9. The number of carbonyl (C=O) groups is 1. The van der Waals surface area contributed by atoms with E-state index in [0.717, 1.165) is 55.6 Å². The van der Waals surface area contributed by atoms with Crippen molar-refractivity contribution in [3.63, 3.8) is 0 Å². The molecule has 3 heterocycles. The molecule has 0 saturated carbocycles. The zero-order valence-electron chi connectivity index (χ0n) is 15.9. The second kappa shape index (κ2) is 7.60. The fraction of sp³-hybridized carbons (Fsp3) is 0.500. The number of piperazine rings is 1. The average Bonchev–Trinajstić information content (AvgIpc) is 3.11. The van der Waals surface area contributed by atoms with Crippen molar-refractivity contribution in [2.45, 2.75) is 13.0 Å². The number of fused-ring (bicyclic) bond motifs is 1. The first-order chi connectivity index (χ1) is 13.1. The zero-order valence-corrected chi connectivity index (χ0v) is 15.9. The molecule has 1 amide bonds. The number of hydrogen-bond acceptors (Lipinski definition) is 5. The normalized spacial score (nSPS) is 20.1. The number of benzene rings is 1. The summed E-state index contributed by atoms with van der Waals surface area (Å²) in [7, 11) is 3.66. The molecule has 1 atom stereocenters. The molecule has 0 N–H and O–H groups in total. The largest absolute Gasteiger partial charge is 0.497 e. The van der Waals surface area contributed by atoms with Crippen molar-refractivity contribution in [3.05, 3.63) is 42.0 Å². The van der Waals surface area contributed by atoms with Gasteiger partial charge in [0.25, 0.3) is 0 Å². The Morgan fingerprint density at radius 1 is 1.30 bits per heavy atom. The van der Waals surface area contributed by atoms with E-state index in [1.54, 1.807) is 7.11 Å². The number of carbonyl (C=O) groups excluding carboxylic acids is 1. The van der Waals surface area contributed by atoms with Gasteiger partial charge in [-0.1, -0.05) is 0 Å². The maximum atomic E-state index is 13.0. The van der Waals surface area contributed by atoms with E-state index in [1.807, 2.05) is 47.1 Å². The molecule has 1 fully saturated rings. The first-order valence-electron chi connectivity index (χ1n) is 9.41. The van der Waals surface area contributed by atoms with E-state index in [0.29, 0.717) is 13.0 Å². The Morgan fingerprint density at radius 2 is 2.11 bits per heavy atom. The maximum Gasteiger partial charge on any atom is 0.229 e. The van der Waals surface area contributed by atoms with Crippen LogP contribution in [0, 0.1) is 5.92 Å². The Kier molecular flexibility index (Phi) is 5.03. The van der Waals surface area contributed by atoms with Gasteiger partial charge in [0.05, 0.1) is 19.6 Å². The fourth-order valence-electron chi connectivity index (χ4n) is 3.79. The van der Waals surface area contributed by atoms with Crippen molar-refractivity contribution in [1.82, 2.24) is 19.4 Å². The summed E-state index contributed by atoms with van der Waals surface area (Å²) in [6.45, 7) is 4.53. The SMILES string of the molecule is COc1ccc2c(c1)C[C@H](C(=O)N1CCN(Cc3nccn3C)CC1)CO2. The van der Waals surface area contributed by atoms with Crippen molar-refractivity contribution >= 4 is 5.91 Å². The summed E-state index contributed by atoms with van der Waals surface area (Å²) in [6, 6.07) is 5.78. The van der Waals surface area contributed by atoms with Crippen LogP contribution in [-0.2, 0) is 24.8 Å². The second-order valence-corrected chi connectivity index (χ2v) is 7.24. The van der Waals surface area contributed by atoms with E-state index < -0.39 is 0 Å². The number of nitrogens with zero attached hydrogens (tertiary/aromatic N) is 4. The summed E-state index contributed by atoms with van der Waals surface area (Å²) >= 11 is 0. The monoisotopic (exact) mass is 370 g/mol. The van der Waals surface area contributed by atoms with Crippen molar-refractivity contribution < 1.29 is 14.3 Å². The Balaban J connectivity index is 1.33. The van der Waals surface area contributed by atoms with Crippen LogP contribution in [0.25, 0.3) is 0 Å². The molecule has 1 aromatic carbocycles. The lowest BCUT2D eigenvalue weighted by Gasteiger charge is -2.37. The number of hydrogen-bond donors (Lipinski definition) is 0. The van der Waals surface area contributed by atoms with E-state index in [2.05, 4.69) is 9.88 Å². The summed E-state index contributed by atoms with van der Waals surface area (Å²) in [5.41, 5.74) is 1.05. The van der Waals surface area contributed by atoms with Crippen LogP contribution in [0.1, 0.15) is 11.4 Å². The highest BCUT2D eigenvalue weighted by Crippen LogP contribution is 2.31. The molecule has 0 bridgehead atoms. The van der Waals surface area contributed by atoms with Crippen molar-refractivity contribution in [2.24, 2.45) is 13.0 Å². The highest BCUT2D eigenvalue weighted by molar-refractivity contribution is 5.80. The van der Waals surface area contributed by atoms with Crippen molar-refractivity contribution in [2.75, 3.05) is 39.9 Å². The van der Waals surface area contributed by atoms with Crippen molar-refractivity contribution in [1.29, 1.82) is 0 Å². The molecule has 144 valence electrons. The van der Waals surface area contributed by atoms with E-state index in [-0.39, 0.29) is 11.8 Å². The minimum Gasteiger partial charge on any atom is -0.497 e. The smallest absolute Gasteiger partial charge is 0.229 e. The van der Waals surface area contributed by atoms with Crippen LogP contribution in [0.4, 0.5) is 0 Å². The number of imidazole rings is 1. The number of aromatic nitrogens is 2. The van der Waals surface area contributed by atoms with Crippen LogP contribution in [0.5, 0.6) is 11.5 Å². The van der Waals surface area contributed by atoms with Crippen LogP contribution >= 0.6 is 0 Å². The lowest BCUT2D eigenvalue weighted by atomic mass is 9.95. The van der Waals surface area contributed by atoms with Crippen LogP contribution in [0.2, 0.25) is 0 Å². The predicted octanol–water partition coefficient (Wildman–Crippen LogP) is 1.32. The molecule has 27 heavy (non-hydrogen) atoms. The van der Waals surface area contributed by atoms with Gasteiger partial charge in [-0.25, -0.2) is 4.98 Å². The van der Waals surface area contributed by atoms with Crippen LogP contribution in [0.3, 0.4) is 0 Å². The molecule has 2 aliphatic heterocycles. The van der Waals surface area contributed by atoms with E-state index in [9.17, 15) is 4.79 Å². The highest BCUT2D eigenvalue weighted by Gasteiger charge is 2.31. The van der Waals surface area contributed by atoms with Gasteiger partial charge in [0, 0.05) is 45.6 Å². The summed E-state index contributed by atoms with van der Waals surface area (Å²) in [5.74, 6) is 2.79. The third kappa shape index (κ3) is 3.78. The number of amides is 1. The van der Waals surface area contributed by atoms with Gasteiger partial charge in [0.2, 0.25) is 5.91 Å². The van der Waals surface area contributed by atoms with Crippen LogP contribution in [0.15, 0.2) is 30.6 Å². The summed E-state index contributed by atoms with van der Waals surface area (Å²) in [5, 5.41) is 0. The lowest BCUT2D eigenvalue weighted by molar-refractivity contribution is -0.138. The summed E-state index contributed by atoms with van der Waals surface area (Å²) < 4.78 is 13.2. The highest BCUT2D eigenvalue weighted by atomic mass is 16.5. The number of aryl methyl sites for hydroxylation is 1. The van der Waals surface area contributed by atoms with Crippen LogP contribution < -0.4 is 9.47 Å². The second-order valence-electron chi connectivity index (χ2n) is 7.24. The van der Waals surface area contributed by atoms with Crippen LogP contribution in [-0.4, -0.2) is 65.2 Å². The maximum absolute atomic E-state index is 13.0. The van der Waals surface area contributed by atoms with Gasteiger partial charge >= 0.3 is 0 Å². The molecule has 1 saturated heterocycles. The topological polar surface area (TPSA) is 59.8 Å². The molecule has 2 aromatic rings. The Bertz CT molecular complexity index is 811. The lowest BCUT2D eigenvalue weighted by Crippen LogP contribution is -2.51. The minimum absolute atomic E-state index is 0.120. The van der Waals surface area contributed by atoms with Gasteiger partial charge < -0.3 is 18.9 Å². The number of ether oxygens (including phenoxy) is 2. The third-order valence-corrected chi connectivity index (χ3v) is 5.49. The molecule has 7 heteroatoms. The van der Waals surface area contributed by atoms with E-state index in [1.165, 1.54) is 0 Å². The summed E-state index contributed by atoms with van der Waals surface area (Å²) in [6.07, 6.45) is 4.49. The number of rotatable bonds is 4. The van der Waals surface area contributed by atoms with Gasteiger partial charge in [-0.2, -0.15) is 0 Å². The molecule has 2 aliphatic rings. The van der Waals surface area contributed by atoms with Gasteiger partial charge in [-0.3, -0.25) is 9.69 Å². The van der Waals surface area contributed by atoms with E-state index >= 15 is 0 Å². The molecule has 0 aliphatic carbocycles. The Hall–Kier alpha value is -2.54. The zero-order chi connectivity index (χ0) is 18.8. The predicted molar refractivity (Wildman–Crippen MR) is 101 cm³/mol. The first-order valence-corrected chi connectivity index (χ1v) is 9.41. The molecule has 0 spiro atoms. The molecule has 0 radical (unpaired) electrons. The quantitative estimate of drug-likeness (QED) is 0.813. The molecular weight excluding hydrogens is 344 g/mol. The fourth-order valence-corrected chi connectivity index (χ4v) is 3.79. The number of methoxy groups -OCH3 is 1. The Morgan fingerprint density at radius 3 is 2.81 bits per heavy atom. The Labute approximate surface area is 159 Å². The van der Waals surface area contributed by atoms with Crippen molar-refractivity contribution in [3.8, 4) is 11.5 Å². The third-order valence-electron chi connectivity index (χ3n) is 5.49. The molecular formula is C20H26N4O3. The minimum atomic E-state index is -0.120. The standard InChI is InChI=1S/C20H26N4O3/c1-22-6-5-21-19(22)13-23-7-9-24(10-8-23)20(25)16-11-15-12-17(26-2)3-4-18(15)27-14-16/h3-6,12,16H,7-11,13-14H2,1-2H3/t16-/m0/s1. The molecule has 4 rings (SSSR count). The van der Waals surface area contributed by atoms with Gasteiger partial charge in [-0.05, 0) is 30.2 Å². The molecule has 0 unspecified atom stereocenters. The van der Waals surface area contributed by atoms with Gasteiger partial charge in [-0.15, -0.1) is 0 Å². The average molecular weight is 370 g/mol. The van der Waals surface area contributed by atoms with E-state index in [4.69, 9.17) is 9.47 Å².